The number of piperazine rings is 1. The number of nitrogens with zero attached hydrogens (tertiary/aromatic N) is 8. The number of anilines is 1. The van der Waals surface area contributed by atoms with E-state index in [9.17, 15) is 23.9 Å². The molecule has 14 heteroatoms. The molecular weight excluding hydrogens is 577 g/mol. The molecule has 6 rings (SSSR count). The molecule has 44 heavy (non-hydrogen) atoms. The first-order chi connectivity index (χ1) is 21.1. The van der Waals surface area contributed by atoms with Gasteiger partial charge in [-0.25, -0.2) is 18.0 Å². The molecular formula is C30H29F3N8O3. The van der Waals surface area contributed by atoms with Gasteiger partial charge in [-0.05, 0) is 24.9 Å². The number of benzene rings is 1. The molecule has 5 heterocycles. The van der Waals surface area contributed by atoms with E-state index in [1.807, 2.05) is 31.2 Å². The van der Waals surface area contributed by atoms with Crippen LogP contribution in [0.4, 0.5) is 23.8 Å². The van der Waals surface area contributed by atoms with Crippen LogP contribution >= 0.6 is 0 Å². The van der Waals surface area contributed by atoms with Crippen molar-refractivity contribution in [3.05, 3.63) is 48.2 Å². The van der Waals surface area contributed by atoms with Crippen molar-refractivity contribution in [1.82, 2.24) is 29.7 Å². The third-order valence-electron chi connectivity index (χ3n) is 8.29. The van der Waals surface area contributed by atoms with Crippen LogP contribution in [-0.2, 0) is 0 Å². The second-order valence-electron chi connectivity index (χ2n) is 11.3. The molecule has 0 bridgehead atoms. The van der Waals surface area contributed by atoms with Gasteiger partial charge in [-0.3, -0.25) is 14.9 Å². The van der Waals surface area contributed by atoms with Crippen LogP contribution in [-0.4, -0.2) is 98.8 Å². The van der Waals surface area contributed by atoms with Gasteiger partial charge in [0.05, 0.1) is 30.5 Å². The number of pyridine rings is 2. The fourth-order valence-electron chi connectivity index (χ4n) is 6.11. The molecule has 4 aromatic rings. The van der Waals surface area contributed by atoms with E-state index in [-0.39, 0.29) is 61.1 Å². The van der Waals surface area contributed by atoms with E-state index >= 15 is 4.39 Å². The summed E-state index contributed by atoms with van der Waals surface area (Å²) in [4.78, 5) is 33.9. The number of hydrogen-bond donors (Lipinski definition) is 1. The van der Waals surface area contributed by atoms with Crippen molar-refractivity contribution in [2.45, 2.75) is 37.8 Å². The molecule has 0 radical (unpaired) electrons. The maximum absolute atomic E-state index is 16.5. The highest BCUT2D eigenvalue weighted by molar-refractivity contribution is 6.00. The minimum absolute atomic E-state index is 0.0220. The molecule has 2 saturated heterocycles. The van der Waals surface area contributed by atoms with E-state index in [4.69, 9.17) is 4.74 Å². The molecule has 2 fully saturated rings. The van der Waals surface area contributed by atoms with Crippen LogP contribution in [0, 0.1) is 24.1 Å². The van der Waals surface area contributed by atoms with Crippen LogP contribution in [0.25, 0.3) is 32.9 Å². The summed E-state index contributed by atoms with van der Waals surface area (Å²) >= 11 is 0. The lowest BCUT2D eigenvalue weighted by Gasteiger charge is -2.39. The average Bonchev–Trinajstić information content (AvgIpc) is 3.26. The Hall–Kier alpha value is -4.77. The van der Waals surface area contributed by atoms with Crippen molar-refractivity contribution in [3.8, 4) is 23.3 Å². The van der Waals surface area contributed by atoms with E-state index in [0.29, 0.717) is 5.56 Å². The van der Waals surface area contributed by atoms with Gasteiger partial charge < -0.3 is 19.6 Å². The number of aryl methyl sites for hydroxylation is 1. The van der Waals surface area contributed by atoms with Gasteiger partial charge in [0.15, 0.2) is 5.82 Å². The number of halogens is 3. The number of likely N-dealkylation sites (N-methyl/N-ethyl adjacent to an activating group) is 1. The second kappa shape index (κ2) is 11.4. The third kappa shape index (κ3) is 5.39. The summed E-state index contributed by atoms with van der Waals surface area (Å²) in [6.07, 6.45) is 3.09. The van der Waals surface area contributed by atoms with Crippen LogP contribution < -0.4 is 9.64 Å². The molecule has 2 atom stereocenters. The van der Waals surface area contributed by atoms with Crippen molar-refractivity contribution in [1.29, 1.82) is 5.26 Å². The van der Waals surface area contributed by atoms with E-state index in [1.54, 1.807) is 24.3 Å². The lowest BCUT2D eigenvalue weighted by molar-refractivity contribution is 0.0136. The number of aromatic nitrogens is 4. The Morgan fingerprint density at radius 1 is 1.20 bits per heavy atom. The Labute approximate surface area is 250 Å². The van der Waals surface area contributed by atoms with Crippen molar-refractivity contribution >= 4 is 33.6 Å². The lowest BCUT2D eigenvalue weighted by Crippen LogP contribution is -2.55. The van der Waals surface area contributed by atoms with E-state index in [1.165, 1.54) is 16.0 Å². The van der Waals surface area contributed by atoms with Gasteiger partial charge in [0.25, 0.3) is 5.92 Å². The van der Waals surface area contributed by atoms with Gasteiger partial charge in [-0.1, -0.05) is 18.2 Å². The highest BCUT2D eigenvalue weighted by Crippen LogP contribution is 2.36. The maximum atomic E-state index is 16.5. The molecule has 0 unspecified atom stereocenters. The SMILES string of the molecule is Cc1cccc2cncc(-c3ncc4c(N5CCN(C(=O)O)[C@@H](CC#N)C5)nc(OC[C@@H]5CC(F)(F)CN5C)nc4c3F)c12. The molecule has 0 aliphatic carbocycles. The molecule has 3 aromatic heterocycles. The highest BCUT2D eigenvalue weighted by Gasteiger charge is 2.43. The zero-order chi connectivity index (χ0) is 31.2. The summed E-state index contributed by atoms with van der Waals surface area (Å²) in [5.74, 6) is -3.35. The number of ether oxygens (including phenoxy) is 1. The van der Waals surface area contributed by atoms with Crippen molar-refractivity contribution in [2.75, 3.05) is 44.7 Å². The molecule has 0 spiro atoms. The van der Waals surface area contributed by atoms with Crippen molar-refractivity contribution in [3.63, 3.8) is 0 Å². The highest BCUT2D eigenvalue weighted by atomic mass is 19.3. The summed E-state index contributed by atoms with van der Waals surface area (Å²) < 4.78 is 50.4. The fourth-order valence-corrected chi connectivity index (χ4v) is 6.11. The quantitative estimate of drug-likeness (QED) is 0.335. The van der Waals surface area contributed by atoms with Crippen LogP contribution in [0.2, 0.25) is 0 Å². The molecule has 2 aliphatic heterocycles. The van der Waals surface area contributed by atoms with Crippen LogP contribution in [0.15, 0.2) is 36.8 Å². The molecule has 228 valence electrons. The third-order valence-corrected chi connectivity index (χ3v) is 8.29. The Morgan fingerprint density at radius 2 is 2.02 bits per heavy atom. The van der Waals surface area contributed by atoms with Crippen LogP contribution in [0.5, 0.6) is 6.01 Å². The van der Waals surface area contributed by atoms with Crippen LogP contribution in [0.3, 0.4) is 0 Å². The van der Waals surface area contributed by atoms with Gasteiger partial charge in [0, 0.05) is 61.6 Å². The lowest BCUT2D eigenvalue weighted by atomic mass is 10.00. The monoisotopic (exact) mass is 606 g/mol. The van der Waals surface area contributed by atoms with Gasteiger partial charge in [-0.2, -0.15) is 15.2 Å². The first-order valence-corrected chi connectivity index (χ1v) is 14.1. The summed E-state index contributed by atoms with van der Waals surface area (Å²) in [5.41, 5.74) is 1.31. The Bertz CT molecular complexity index is 1790. The largest absolute Gasteiger partial charge is 0.465 e. The number of nitriles is 1. The topological polar surface area (TPSA) is 132 Å². The number of likely N-dealkylation sites (tertiary alicyclic amines) is 1. The average molecular weight is 607 g/mol. The number of fused-ring (bicyclic) bond motifs is 2. The number of amides is 1. The van der Waals surface area contributed by atoms with Crippen LogP contribution in [0.1, 0.15) is 18.4 Å². The number of rotatable bonds is 6. The second-order valence-corrected chi connectivity index (χ2v) is 11.3. The van der Waals surface area contributed by atoms with Gasteiger partial charge in [0.2, 0.25) is 0 Å². The Balaban J connectivity index is 1.45. The number of alkyl halides is 2. The summed E-state index contributed by atoms with van der Waals surface area (Å²) in [6.45, 7) is 1.76. The van der Waals surface area contributed by atoms with Gasteiger partial charge in [-0.15, -0.1) is 0 Å². The number of carboxylic acid groups (broad SMARTS) is 1. The smallest absolute Gasteiger partial charge is 0.407 e. The molecule has 0 saturated carbocycles. The summed E-state index contributed by atoms with van der Waals surface area (Å²) in [7, 11) is 1.58. The van der Waals surface area contributed by atoms with Gasteiger partial charge >= 0.3 is 12.1 Å². The number of carbonyl (C=O) groups is 1. The summed E-state index contributed by atoms with van der Waals surface area (Å²) in [5, 5.41) is 20.8. The number of hydrogen-bond acceptors (Lipinski definition) is 9. The van der Waals surface area contributed by atoms with E-state index in [0.717, 1.165) is 16.3 Å². The zero-order valence-corrected chi connectivity index (χ0v) is 24.0. The zero-order valence-electron chi connectivity index (χ0n) is 24.0. The van der Waals surface area contributed by atoms with E-state index < -0.39 is 42.9 Å². The molecule has 2 aliphatic rings. The Kier molecular flexibility index (Phi) is 7.58. The standard InChI is InChI=1S/C30H29F3N8O3/c1-17-4-3-5-18-11-35-12-21(23(17)18)25-24(31)26-22(13-36-25)27(40-8-9-41(29(42)43)19(14-40)6-7-34)38-28(37-26)44-15-20-10-30(32,33)16-39(20)2/h3-5,11-13,19-20H,6,8-10,14-16H2,1-2H3,(H,42,43)/t19-,20-/m0/s1. The first kappa shape index (κ1) is 29.3. The first-order valence-electron chi connectivity index (χ1n) is 14.1. The normalized spacial score (nSPS) is 20.3. The Morgan fingerprint density at radius 3 is 2.75 bits per heavy atom. The van der Waals surface area contributed by atoms with Crippen molar-refractivity contribution < 1.29 is 27.8 Å². The van der Waals surface area contributed by atoms with E-state index in [2.05, 4.69) is 19.9 Å². The van der Waals surface area contributed by atoms with Gasteiger partial charge in [0.1, 0.15) is 23.6 Å². The molecule has 1 aromatic carbocycles. The molecule has 11 nitrogen and oxygen atoms in total. The minimum Gasteiger partial charge on any atom is -0.465 e. The predicted molar refractivity (Wildman–Crippen MR) is 155 cm³/mol. The maximum Gasteiger partial charge on any atom is 0.407 e. The predicted octanol–water partition coefficient (Wildman–Crippen LogP) is 4.49. The van der Waals surface area contributed by atoms with Crippen molar-refractivity contribution in [2.24, 2.45) is 0 Å². The minimum atomic E-state index is -2.85. The molecule has 1 amide bonds. The molecule has 1 N–H and O–H groups in total. The summed E-state index contributed by atoms with van der Waals surface area (Å²) in [6, 6.07) is 6.23. The fraction of sp³-hybridized carbons (Fsp3) is 0.400.